The van der Waals surface area contributed by atoms with Crippen molar-refractivity contribution in [1.29, 1.82) is 0 Å². The number of primary amides is 1. The Hall–Kier alpha value is -2.50. The lowest BCUT2D eigenvalue weighted by Gasteiger charge is -2.00. The second-order valence-corrected chi connectivity index (χ2v) is 2.95. The topological polar surface area (TPSA) is 95.2 Å². The number of rotatable bonds is 1. The van der Waals surface area contributed by atoms with Gasteiger partial charge in [-0.05, 0) is 24.3 Å². The van der Waals surface area contributed by atoms with Crippen LogP contribution in [0.15, 0.2) is 30.5 Å². The first-order chi connectivity index (χ1) is 7.66. The highest BCUT2D eigenvalue weighted by Crippen LogP contribution is 2.09. The van der Waals surface area contributed by atoms with Crippen molar-refractivity contribution in [1.82, 2.24) is 9.97 Å². The summed E-state index contributed by atoms with van der Waals surface area (Å²) in [5, 5.41) is 0. The first-order valence-electron chi connectivity index (χ1n) is 4.40. The molecular weight excluding hydrogens is 210 g/mol. The molecule has 0 spiro atoms. The van der Waals surface area contributed by atoms with E-state index in [0.29, 0.717) is 11.0 Å². The lowest BCUT2D eigenvalue weighted by molar-refractivity contribution is 0.0632. The first-order valence-corrected chi connectivity index (χ1v) is 4.40. The van der Waals surface area contributed by atoms with Gasteiger partial charge in [0.25, 0.3) is 0 Å². The van der Waals surface area contributed by atoms with E-state index in [0.717, 1.165) is 0 Å². The van der Waals surface area contributed by atoms with E-state index in [1.54, 1.807) is 24.4 Å². The van der Waals surface area contributed by atoms with E-state index < -0.39 is 12.1 Å². The van der Waals surface area contributed by atoms with E-state index in [1.807, 2.05) is 0 Å². The fourth-order valence-electron chi connectivity index (χ4n) is 1.21. The summed E-state index contributed by atoms with van der Waals surface area (Å²) >= 11 is 0. The Labute approximate surface area is 90.1 Å². The van der Waals surface area contributed by atoms with Crippen molar-refractivity contribution in [2.75, 3.05) is 0 Å². The molecule has 0 aliphatic rings. The summed E-state index contributed by atoms with van der Waals surface area (Å²) < 4.78 is 4.20. The average Bonchev–Trinajstić information content (AvgIpc) is 2.27. The van der Waals surface area contributed by atoms with Crippen LogP contribution in [0.3, 0.4) is 0 Å². The van der Waals surface area contributed by atoms with E-state index in [1.165, 1.54) is 6.07 Å². The minimum atomic E-state index is -1.15. The summed E-state index contributed by atoms with van der Waals surface area (Å²) in [6.45, 7) is 0. The monoisotopic (exact) mass is 217 g/mol. The van der Waals surface area contributed by atoms with Crippen LogP contribution in [0.25, 0.3) is 11.0 Å². The van der Waals surface area contributed by atoms with E-state index in [2.05, 4.69) is 14.7 Å². The third kappa shape index (κ3) is 1.95. The van der Waals surface area contributed by atoms with E-state index in [4.69, 9.17) is 5.73 Å². The van der Waals surface area contributed by atoms with E-state index >= 15 is 0 Å². The maximum atomic E-state index is 11.3. The molecule has 6 heteroatoms. The van der Waals surface area contributed by atoms with Crippen LogP contribution in [-0.2, 0) is 4.74 Å². The van der Waals surface area contributed by atoms with Gasteiger partial charge in [-0.3, -0.25) is 4.98 Å². The van der Waals surface area contributed by atoms with Gasteiger partial charge < -0.3 is 10.5 Å². The molecule has 0 unspecified atom stereocenters. The van der Waals surface area contributed by atoms with Crippen LogP contribution in [0.2, 0.25) is 0 Å². The normalized spacial score (nSPS) is 10.0. The molecule has 0 saturated carbocycles. The van der Waals surface area contributed by atoms with Gasteiger partial charge >= 0.3 is 12.1 Å². The third-order valence-electron chi connectivity index (χ3n) is 1.86. The summed E-state index contributed by atoms with van der Waals surface area (Å²) in [5.41, 5.74) is 5.93. The van der Waals surface area contributed by atoms with Crippen molar-refractivity contribution in [2.45, 2.75) is 0 Å². The molecule has 0 saturated heterocycles. The van der Waals surface area contributed by atoms with E-state index in [-0.39, 0.29) is 5.69 Å². The fraction of sp³-hybridized carbons (Fsp3) is 0. The summed E-state index contributed by atoms with van der Waals surface area (Å²) in [4.78, 5) is 29.7. The predicted molar refractivity (Wildman–Crippen MR) is 54.5 cm³/mol. The standard InChI is InChI=1S/C10H7N3O3/c11-10(15)16-9(14)8-4-3-6-7(13-8)2-1-5-12-6/h1-5H,(H2,11,15). The lowest BCUT2D eigenvalue weighted by Crippen LogP contribution is -2.19. The van der Waals surface area contributed by atoms with Gasteiger partial charge in [-0.1, -0.05) is 0 Å². The Morgan fingerprint density at radius 2 is 2.00 bits per heavy atom. The number of hydrogen-bond acceptors (Lipinski definition) is 5. The van der Waals surface area contributed by atoms with Crippen LogP contribution in [0.1, 0.15) is 10.5 Å². The number of carbonyl (C=O) groups is 2. The molecule has 16 heavy (non-hydrogen) atoms. The Kier molecular flexibility index (Phi) is 2.47. The molecule has 0 radical (unpaired) electrons. The van der Waals surface area contributed by atoms with Crippen molar-refractivity contribution < 1.29 is 14.3 Å². The lowest BCUT2D eigenvalue weighted by atomic mass is 10.3. The summed E-state index contributed by atoms with van der Waals surface area (Å²) in [7, 11) is 0. The van der Waals surface area contributed by atoms with Crippen molar-refractivity contribution >= 4 is 23.1 Å². The number of carbonyl (C=O) groups excluding carboxylic acids is 2. The highest BCUT2D eigenvalue weighted by Gasteiger charge is 2.12. The Bertz CT molecular complexity index is 568. The quantitative estimate of drug-likeness (QED) is 0.564. The summed E-state index contributed by atoms with van der Waals surface area (Å²) in [6.07, 6.45) is 0.462. The Morgan fingerprint density at radius 3 is 2.75 bits per heavy atom. The number of ether oxygens (including phenoxy) is 1. The van der Waals surface area contributed by atoms with Crippen LogP contribution in [-0.4, -0.2) is 22.0 Å². The molecule has 2 rings (SSSR count). The molecule has 0 bridgehead atoms. The second-order valence-electron chi connectivity index (χ2n) is 2.95. The van der Waals surface area contributed by atoms with Crippen molar-refractivity contribution in [3.05, 3.63) is 36.2 Å². The smallest absolute Gasteiger partial charge is 0.372 e. The van der Waals surface area contributed by atoms with Crippen LogP contribution in [0.5, 0.6) is 0 Å². The van der Waals surface area contributed by atoms with Gasteiger partial charge in [0.2, 0.25) is 0 Å². The number of pyridine rings is 2. The van der Waals surface area contributed by atoms with Gasteiger partial charge in [0.15, 0.2) is 0 Å². The van der Waals surface area contributed by atoms with Gasteiger partial charge in [-0.15, -0.1) is 0 Å². The SMILES string of the molecule is NC(=O)OC(=O)c1ccc2ncccc2n1. The number of amides is 1. The minimum Gasteiger partial charge on any atom is -0.372 e. The van der Waals surface area contributed by atoms with Crippen molar-refractivity contribution in [2.24, 2.45) is 5.73 Å². The number of hydrogen-bond donors (Lipinski definition) is 1. The summed E-state index contributed by atoms with van der Waals surface area (Å²) in [5.74, 6) is -0.877. The highest BCUT2D eigenvalue weighted by atomic mass is 16.6. The number of nitrogens with two attached hydrogens (primary N) is 1. The Morgan fingerprint density at radius 1 is 1.19 bits per heavy atom. The molecular formula is C10H7N3O3. The molecule has 0 aliphatic carbocycles. The molecule has 2 N–H and O–H groups in total. The molecule has 0 aliphatic heterocycles. The zero-order chi connectivity index (χ0) is 11.5. The number of fused-ring (bicyclic) bond motifs is 1. The first kappa shape index (κ1) is 10.0. The molecule has 80 valence electrons. The third-order valence-corrected chi connectivity index (χ3v) is 1.86. The van der Waals surface area contributed by atoms with Crippen LogP contribution in [0, 0.1) is 0 Å². The van der Waals surface area contributed by atoms with Gasteiger partial charge in [-0.25, -0.2) is 14.6 Å². The van der Waals surface area contributed by atoms with Gasteiger partial charge in [0.1, 0.15) is 5.69 Å². The molecule has 6 nitrogen and oxygen atoms in total. The van der Waals surface area contributed by atoms with Gasteiger partial charge in [-0.2, -0.15) is 0 Å². The largest absolute Gasteiger partial charge is 0.412 e. The molecule has 2 aromatic heterocycles. The molecule has 2 heterocycles. The fourth-order valence-corrected chi connectivity index (χ4v) is 1.21. The van der Waals surface area contributed by atoms with Crippen molar-refractivity contribution in [3.8, 4) is 0 Å². The number of nitrogens with zero attached hydrogens (tertiary/aromatic N) is 2. The maximum Gasteiger partial charge on any atom is 0.412 e. The van der Waals surface area contributed by atoms with E-state index in [9.17, 15) is 9.59 Å². The predicted octanol–water partition coefficient (Wildman–Crippen LogP) is 0.865. The number of aromatic nitrogens is 2. The molecule has 0 aromatic carbocycles. The zero-order valence-electron chi connectivity index (χ0n) is 8.08. The van der Waals surface area contributed by atoms with Gasteiger partial charge in [0.05, 0.1) is 11.0 Å². The molecule has 2 aromatic rings. The highest BCUT2D eigenvalue weighted by molar-refractivity contribution is 5.96. The van der Waals surface area contributed by atoms with Crippen LogP contribution in [0.4, 0.5) is 4.79 Å². The molecule has 1 amide bonds. The minimum absolute atomic E-state index is 0.0132. The Balaban J connectivity index is 2.39. The van der Waals surface area contributed by atoms with Crippen LogP contribution < -0.4 is 5.73 Å². The summed E-state index contributed by atoms with van der Waals surface area (Å²) in [6, 6.07) is 6.42. The second kappa shape index (κ2) is 3.93. The molecule has 0 fully saturated rings. The molecule has 0 atom stereocenters. The number of esters is 1. The zero-order valence-corrected chi connectivity index (χ0v) is 8.08. The maximum absolute atomic E-state index is 11.3. The average molecular weight is 217 g/mol. The van der Waals surface area contributed by atoms with Crippen LogP contribution >= 0.6 is 0 Å². The van der Waals surface area contributed by atoms with Crippen molar-refractivity contribution in [3.63, 3.8) is 0 Å². The van der Waals surface area contributed by atoms with Gasteiger partial charge in [0, 0.05) is 6.20 Å².